The van der Waals surface area contributed by atoms with Gasteiger partial charge < -0.3 is 19.6 Å². The van der Waals surface area contributed by atoms with Crippen molar-refractivity contribution in [3.05, 3.63) is 60.3 Å². The molecule has 27 heavy (non-hydrogen) atoms. The van der Waals surface area contributed by atoms with E-state index in [9.17, 15) is 13.2 Å². The zero-order valence-electron chi connectivity index (χ0n) is 14.6. The first-order chi connectivity index (χ1) is 12.8. The Morgan fingerprint density at radius 3 is 2.19 bits per heavy atom. The number of aromatic nitrogens is 1. The monoisotopic (exact) mass is 387 g/mol. The third-order valence-corrected chi connectivity index (χ3v) is 4.96. The Morgan fingerprint density at radius 2 is 1.63 bits per heavy atom. The van der Waals surface area contributed by atoms with Crippen molar-refractivity contribution in [2.45, 2.75) is 4.90 Å². The number of methoxy groups -OCH3 is 1. The molecule has 0 bridgehead atoms. The maximum absolute atomic E-state index is 11.5. The number of benzene rings is 2. The Bertz CT molecular complexity index is 1080. The predicted molar refractivity (Wildman–Crippen MR) is 99.4 cm³/mol. The summed E-state index contributed by atoms with van der Waals surface area (Å²) in [7, 11) is -1.76. The summed E-state index contributed by atoms with van der Waals surface area (Å²) >= 11 is 0. The summed E-state index contributed by atoms with van der Waals surface area (Å²) in [6.45, 7) is 0. The number of H-pyrrole nitrogens is 1. The van der Waals surface area contributed by atoms with Crippen molar-refractivity contribution in [1.29, 1.82) is 0 Å². The number of ether oxygens (including phenoxy) is 2. The van der Waals surface area contributed by atoms with Gasteiger partial charge in [0.1, 0.15) is 22.9 Å². The number of rotatable bonds is 6. The number of sulfone groups is 1. The predicted octanol–water partition coefficient (Wildman–Crippen LogP) is 3.58. The van der Waals surface area contributed by atoms with Gasteiger partial charge in [0.25, 0.3) is 0 Å². The summed E-state index contributed by atoms with van der Waals surface area (Å²) in [6.07, 6.45) is 1.14. The SMILES string of the molecule is COc1cc(Oc2ccc(S(C)(=O)=O)cc2)cc(-c2ccc(C(=O)O)[nH]2)c1. The van der Waals surface area contributed by atoms with Crippen molar-refractivity contribution < 1.29 is 27.8 Å². The number of hydrogen-bond acceptors (Lipinski definition) is 5. The van der Waals surface area contributed by atoms with Crippen molar-refractivity contribution in [3.63, 3.8) is 0 Å². The van der Waals surface area contributed by atoms with Crippen molar-refractivity contribution in [2.24, 2.45) is 0 Å². The molecule has 0 atom stereocenters. The van der Waals surface area contributed by atoms with Gasteiger partial charge in [-0.1, -0.05) is 0 Å². The van der Waals surface area contributed by atoms with E-state index in [-0.39, 0.29) is 10.6 Å². The maximum atomic E-state index is 11.5. The van der Waals surface area contributed by atoms with Gasteiger partial charge in [-0.15, -0.1) is 0 Å². The number of carboxylic acid groups (broad SMARTS) is 1. The van der Waals surface area contributed by atoms with Gasteiger partial charge in [-0.05, 0) is 48.5 Å². The van der Waals surface area contributed by atoms with Crippen LogP contribution in [0.4, 0.5) is 0 Å². The summed E-state index contributed by atoms with van der Waals surface area (Å²) in [5.74, 6) is 0.399. The van der Waals surface area contributed by atoms with Crippen molar-refractivity contribution in [3.8, 4) is 28.5 Å². The number of hydrogen-bond donors (Lipinski definition) is 2. The lowest BCUT2D eigenvalue weighted by molar-refractivity contribution is 0.0691. The lowest BCUT2D eigenvalue weighted by Gasteiger charge is -2.10. The van der Waals surface area contributed by atoms with Crippen LogP contribution in [-0.2, 0) is 9.84 Å². The normalized spacial score (nSPS) is 11.2. The molecule has 0 saturated heterocycles. The van der Waals surface area contributed by atoms with Crippen molar-refractivity contribution >= 4 is 15.8 Å². The highest BCUT2D eigenvalue weighted by Crippen LogP contribution is 2.32. The Morgan fingerprint density at radius 1 is 0.963 bits per heavy atom. The lowest BCUT2D eigenvalue weighted by Crippen LogP contribution is -1.96. The minimum absolute atomic E-state index is 0.0756. The minimum atomic E-state index is -3.28. The van der Waals surface area contributed by atoms with Crippen LogP contribution in [0.5, 0.6) is 17.2 Å². The lowest BCUT2D eigenvalue weighted by atomic mass is 10.1. The number of carboxylic acids is 1. The molecule has 8 heteroatoms. The standard InChI is InChI=1S/C19H17NO6S/c1-25-14-9-12(17-7-8-18(20-17)19(21)22)10-15(11-14)26-13-3-5-16(6-4-13)27(2,23)24/h3-11,20H,1-2H3,(H,21,22). The van der Waals surface area contributed by atoms with E-state index in [2.05, 4.69) is 4.98 Å². The highest BCUT2D eigenvalue weighted by atomic mass is 32.2. The van der Waals surface area contributed by atoms with E-state index in [1.54, 1.807) is 36.4 Å². The van der Waals surface area contributed by atoms with E-state index in [1.807, 2.05) is 0 Å². The van der Waals surface area contributed by atoms with Gasteiger partial charge in [-0.3, -0.25) is 0 Å². The Labute approximate surface area is 156 Å². The maximum Gasteiger partial charge on any atom is 0.352 e. The molecule has 0 radical (unpaired) electrons. The van der Waals surface area contributed by atoms with Gasteiger partial charge in [0.15, 0.2) is 9.84 Å². The van der Waals surface area contributed by atoms with Gasteiger partial charge in [0.2, 0.25) is 0 Å². The van der Waals surface area contributed by atoms with Crippen LogP contribution in [0.25, 0.3) is 11.3 Å². The average Bonchev–Trinajstić information content (AvgIpc) is 3.11. The molecule has 1 aromatic heterocycles. The zero-order chi connectivity index (χ0) is 19.6. The second-order valence-electron chi connectivity index (χ2n) is 5.83. The van der Waals surface area contributed by atoms with E-state index in [1.165, 1.54) is 25.3 Å². The second kappa shape index (κ2) is 7.16. The molecular weight excluding hydrogens is 370 g/mol. The Balaban J connectivity index is 1.92. The van der Waals surface area contributed by atoms with E-state index < -0.39 is 15.8 Å². The van der Waals surface area contributed by atoms with Crippen molar-refractivity contribution in [1.82, 2.24) is 4.98 Å². The summed E-state index contributed by atoms with van der Waals surface area (Å²) in [4.78, 5) is 14.1. The molecule has 0 amide bonds. The molecule has 7 nitrogen and oxygen atoms in total. The van der Waals surface area contributed by atoms with Crippen LogP contribution in [0, 0.1) is 0 Å². The minimum Gasteiger partial charge on any atom is -0.497 e. The van der Waals surface area contributed by atoms with Gasteiger partial charge in [0, 0.05) is 23.6 Å². The van der Waals surface area contributed by atoms with Crippen LogP contribution >= 0.6 is 0 Å². The van der Waals surface area contributed by atoms with E-state index in [0.717, 1.165) is 6.26 Å². The zero-order valence-corrected chi connectivity index (χ0v) is 15.4. The van der Waals surface area contributed by atoms with Crippen LogP contribution in [0.15, 0.2) is 59.5 Å². The van der Waals surface area contributed by atoms with Crippen molar-refractivity contribution in [2.75, 3.05) is 13.4 Å². The average molecular weight is 387 g/mol. The van der Waals surface area contributed by atoms with Crippen LogP contribution in [-0.4, -0.2) is 37.8 Å². The molecule has 140 valence electrons. The topological polar surface area (TPSA) is 106 Å². The largest absolute Gasteiger partial charge is 0.497 e. The number of nitrogens with one attached hydrogen (secondary N) is 1. The van der Waals surface area contributed by atoms with Crippen LogP contribution < -0.4 is 9.47 Å². The molecule has 0 fully saturated rings. The third kappa shape index (κ3) is 4.29. The summed E-state index contributed by atoms with van der Waals surface area (Å²) in [5, 5.41) is 9.05. The van der Waals surface area contributed by atoms with E-state index in [4.69, 9.17) is 14.6 Å². The first kappa shape index (κ1) is 18.5. The molecular formula is C19H17NO6S. The van der Waals surface area contributed by atoms with Gasteiger partial charge in [-0.2, -0.15) is 0 Å². The Kier molecular flexibility index (Phi) is 4.91. The molecule has 0 spiro atoms. The molecule has 3 rings (SSSR count). The number of carbonyl (C=O) groups is 1. The molecule has 0 unspecified atom stereocenters. The summed E-state index contributed by atoms with van der Waals surface area (Å²) in [6, 6.07) is 14.3. The van der Waals surface area contributed by atoms with Gasteiger partial charge in [-0.25, -0.2) is 13.2 Å². The molecule has 2 aromatic carbocycles. The van der Waals surface area contributed by atoms with Gasteiger partial charge >= 0.3 is 5.97 Å². The fourth-order valence-corrected chi connectivity index (χ4v) is 3.11. The third-order valence-electron chi connectivity index (χ3n) is 3.83. The molecule has 3 aromatic rings. The quantitative estimate of drug-likeness (QED) is 0.670. The fourth-order valence-electron chi connectivity index (χ4n) is 2.48. The Hall–Kier alpha value is -3.26. The second-order valence-corrected chi connectivity index (χ2v) is 7.85. The molecule has 0 aliphatic rings. The van der Waals surface area contributed by atoms with Crippen LogP contribution in [0.2, 0.25) is 0 Å². The first-order valence-corrected chi connectivity index (χ1v) is 9.75. The van der Waals surface area contributed by atoms with E-state index in [0.29, 0.717) is 28.5 Å². The molecule has 0 aliphatic heterocycles. The molecule has 1 heterocycles. The molecule has 0 aliphatic carbocycles. The smallest absolute Gasteiger partial charge is 0.352 e. The summed E-state index contributed by atoms with van der Waals surface area (Å²) in [5.41, 5.74) is 1.36. The first-order valence-electron chi connectivity index (χ1n) is 7.86. The van der Waals surface area contributed by atoms with E-state index >= 15 is 0 Å². The van der Waals surface area contributed by atoms with Crippen LogP contribution in [0.3, 0.4) is 0 Å². The van der Waals surface area contributed by atoms with Gasteiger partial charge in [0.05, 0.1) is 12.0 Å². The highest BCUT2D eigenvalue weighted by molar-refractivity contribution is 7.90. The molecule has 0 saturated carbocycles. The number of aromatic carboxylic acids is 1. The number of aromatic amines is 1. The summed E-state index contributed by atoms with van der Waals surface area (Å²) < 4.78 is 34.2. The van der Waals surface area contributed by atoms with Crippen LogP contribution in [0.1, 0.15) is 10.5 Å². The molecule has 2 N–H and O–H groups in total. The highest BCUT2D eigenvalue weighted by Gasteiger charge is 2.11. The fraction of sp³-hybridized carbons (Fsp3) is 0.105.